The van der Waals surface area contributed by atoms with Gasteiger partial charge in [-0.3, -0.25) is 4.98 Å². The molecule has 1 aromatic heterocycles. The van der Waals surface area contributed by atoms with Gasteiger partial charge in [0.2, 0.25) is 0 Å². The topological polar surface area (TPSA) is 48.1 Å². The smallest absolute Gasteiger partial charge is 0.122 e. The van der Waals surface area contributed by atoms with Crippen molar-refractivity contribution in [3.05, 3.63) is 36.0 Å². The summed E-state index contributed by atoms with van der Waals surface area (Å²) in [5, 5.41) is 1.13. The van der Waals surface area contributed by atoms with Crippen LogP contribution in [0.25, 0.3) is 10.9 Å². The first-order valence-corrected chi connectivity index (χ1v) is 4.97. The number of benzene rings is 1. The molecule has 1 aromatic carbocycles. The number of halogens is 1. The maximum Gasteiger partial charge on any atom is 0.122 e. The number of rotatable bonds is 3. The molecule has 16 heavy (non-hydrogen) atoms. The Morgan fingerprint density at radius 1 is 1.31 bits per heavy atom. The Bertz CT molecular complexity index is 474. The Kier molecular flexibility index (Phi) is 4.52. The largest absolute Gasteiger partial charge is 0.496 e. The summed E-state index contributed by atoms with van der Waals surface area (Å²) in [7, 11) is 1.68. The molecule has 3 nitrogen and oxygen atoms in total. The highest BCUT2D eigenvalue weighted by molar-refractivity contribution is 5.85. The minimum absolute atomic E-state index is 0. The van der Waals surface area contributed by atoms with Gasteiger partial charge in [-0.1, -0.05) is 6.07 Å². The summed E-state index contributed by atoms with van der Waals surface area (Å²) < 4.78 is 5.32. The van der Waals surface area contributed by atoms with Crippen molar-refractivity contribution >= 4 is 23.3 Å². The molecule has 0 bridgehead atoms. The molecule has 86 valence electrons. The van der Waals surface area contributed by atoms with Crippen LogP contribution in [0.3, 0.4) is 0 Å². The number of ether oxygens (including phenoxy) is 1. The van der Waals surface area contributed by atoms with Crippen LogP contribution in [0.1, 0.15) is 5.56 Å². The molecule has 2 rings (SSSR count). The first-order valence-electron chi connectivity index (χ1n) is 4.97. The van der Waals surface area contributed by atoms with Crippen molar-refractivity contribution in [3.63, 3.8) is 0 Å². The van der Waals surface area contributed by atoms with Crippen LogP contribution in [0.5, 0.6) is 5.75 Å². The molecule has 2 N–H and O–H groups in total. The highest BCUT2D eigenvalue weighted by Crippen LogP contribution is 2.26. The van der Waals surface area contributed by atoms with Crippen LogP contribution in [0.4, 0.5) is 0 Å². The summed E-state index contributed by atoms with van der Waals surface area (Å²) in [6.07, 6.45) is 2.60. The van der Waals surface area contributed by atoms with E-state index in [2.05, 4.69) is 11.1 Å². The first-order chi connectivity index (χ1) is 7.36. The molecule has 0 fully saturated rings. The van der Waals surface area contributed by atoms with Crippen molar-refractivity contribution in [2.45, 2.75) is 6.42 Å². The lowest BCUT2D eigenvalue weighted by Gasteiger charge is -2.10. The van der Waals surface area contributed by atoms with Crippen LogP contribution in [-0.2, 0) is 6.42 Å². The average molecular weight is 239 g/mol. The van der Waals surface area contributed by atoms with Gasteiger partial charge in [0.05, 0.1) is 12.6 Å². The lowest BCUT2D eigenvalue weighted by molar-refractivity contribution is 0.410. The molecule has 0 aliphatic rings. The molecular formula is C12H15ClN2O. The van der Waals surface area contributed by atoms with Gasteiger partial charge in [0, 0.05) is 17.1 Å². The van der Waals surface area contributed by atoms with Crippen LogP contribution in [-0.4, -0.2) is 18.6 Å². The molecular weight excluding hydrogens is 224 g/mol. The number of hydrogen-bond acceptors (Lipinski definition) is 3. The SMILES string of the molecule is COc1ccc2ncccc2c1CCN.Cl. The van der Waals surface area contributed by atoms with Crippen molar-refractivity contribution in [2.24, 2.45) is 5.73 Å². The molecule has 0 spiro atoms. The van der Waals surface area contributed by atoms with Gasteiger partial charge in [0.1, 0.15) is 5.75 Å². The van der Waals surface area contributed by atoms with Crippen LogP contribution in [0.2, 0.25) is 0 Å². The molecule has 0 saturated heterocycles. The molecule has 0 unspecified atom stereocenters. The highest BCUT2D eigenvalue weighted by Gasteiger charge is 2.07. The number of pyridine rings is 1. The van der Waals surface area contributed by atoms with E-state index >= 15 is 0 Å². The van der Waals surface area contributed by atoms with Gasteiger partial charge in [0.25, 0.3) is 0 Å². The number of nitrogens with zero attached hydrogens (tertiary/aromatic N) is 1. The van der Waals surface area contributed by atoms with E-state index in [1.807, 2.05) is 18.2 Å². The minimum atomic E-state index is 0. The van der Waals surface area contributed by atoms with E-state index in [0.717, 1.165) is 28.6 Å². The van der Waals surface area contributed by atoms with Gasteiger partial charge < -0.3 is 10.5 Å². The Morgan fingerprint density at radius 2 is 2.12 bits per heavy atom. The monoisotopic (exact) mass is 238 g/mol. The summed E-state index contributed by atoms with van der Waals surface area (Å²) in [6, 6.07) is 7.89. The van der Waals surface area contributed by atoms with Gasteiger partial charge in [-0.15, -0.1) is 12.4 Å². The van der Waals surface area contributed by atoms with E-state index < -0.39 is 0 Å². The average Bonchev–Trinajstić information content (AvgIpc) is 2.30. The third-order valence-electron chi connectivity index (χ3n) is 2.47. The first kappa shape index (κ1) is 12.7. The number of aromatic nitrogens is 1. The zero-order valence-electron chi connectivity index (χ0n) is 9.14. The fraction of sp³-hybridized carbons (Fsp3) is 0.250. The Labute approximate surface area is 101 Å². The summed E-state index contributed by atoms with van der Waals surface area (Å²) >= 11 is 0. The van der Waals surface area contributed by atoms with Crippen LogP contribution in [0.15, 0.2) is 30.5 Å². The summed E-state index contributed by atoms with van der Waals surface area (Å²) in [4.78, 5) is 4.30. The van der Waals surface area contributed by atoms with Crippen LogP contribution >= 0.6 is 12.4 Å². The molecule has 0 amide bonds. The van der Waals surface area contributed by atoms with Crippen molar-refractivity contribution in [2.75, 3.05) is 13.7 Å². The van der Waals surface area contributed by atoms with Crippen LogP contribution < -0.4 is 10.5 Å². The lowest BCUT2D eigenvalue weighted by Crippen LogP contribution is -2.05. The Morgan fingerprint density at radius 3 is 2.81 bits per heavy atom. The van der Waals surface area contributed by atoms with E-state index in [9.17, 15) is 0 Å². The number of methoxy groups -OCH3 is 1. The molecule has 0 atom stereocenters. The van der Waals surface area contributed by atoms with E-state index in [4.69, 9.17) is 10.5 Å². The lowest BCUT2D eigenvalue weighted by atomic mass is 10.0. The fourth-order valence-electron chi connectivity index (χ4n) is 1.79. The van der Waals surface area contributed by atoms with E-state index in [0.29, 0.717) is 6.54 Å². The highest BCUT2D eigenvalue weighted by atomic mass is 35.5. The quantitative estimate of drug-likeness (QED) is 0.892. The van der Waals surface area contributed by atoms with Crippen molar-refractivity contribution in [1.82, 2.24) is 4.98 Å². The second-order valence-corrected chi connectivity index (χ2v) is 3.36. The predicted octanol–water partition coefficient (Wildman–Crippen LogP) is 2.17. The molecule has 2 aromatic rings. The number of nitrogens with two attached hydrogens (primary N) is 1. The molecule has 1 heterocycles. The second-order valence-electron chi connectivity index (χ2n) is 3.36. The van der Waals surface area contributed by atoms with Crippen molar-refractivity contribution < 1.29 is 4.74 Å². The maximum absolute atomic E-state index is 5.60. The molecule has 0 aliphatic heterocycles. The van der Waals surface area contributed by atoms with Gasteiger partial charge in [-0.25, -0.2) is 0 Å². The summed E-state index contributed by atoms with van der Waals surface area (Å²) in [6.45, 7) is 0.615. The van der Waals surface area contributed by atoms with E-state index in [-0.39, 0.29) is 12.4 Å². The third-order valence-corrected chi connectivity index (χ3v) is 2.47. The van der Waals surface area contributed by atoms with Crippen molar-refractivity contribution in [3.8, 4) is 5.75 Å². The number of fused-ring (bicyclic) bond motifs is 1. The van der Waals surface area contributed by atoms with Gasteiger partial charge in [-0.2, -0.15) is 0 Å². The second kappa shape index (κ2) is 5.68. The minimum Gasteiger partial charge on any atom is -0.496 e. The summed E-state index contributed by atoms with van der Waals surface area (Å²) in [5.41, 5.74) is 7.73. The molecule has 0 aliphatic carbocycles. The summed E-state index contributed by atoms with van der Waals surface area (Å²) in [5.74, 6) is 0.890. The molecule has 4 heteroatoms. The zero-order valence-corrected chi connectivity index (χ0v) is 9.96. The fourth-order valence-corrected chi connectivity index (χ4v) is 1.79. The van der Waals surface area contributed by atoms with Crippen LogP contribution in [0, 0.1) is 0 Å². The molecule has 0 saturated carbocycles. The normalized spacial score (nSPS) is 9.88. The standard InChI is InChI=1S/C12H14N2O.ClH/c1-15-12-5-4-11-9(3-2-8-14-11)10(12)6-7-13;/h2-5,8H,6-7,13H2,1H3;1H. The predicted molar refractivity (Wildman–Crippen MR) is 68.3 cm³/mol. The third kappa shape index (κ3) is 2.26. The van der Waals surface area contributed by atoms with Crippen molar-refractivity contribution in [1.29, 1.82) is 0 Å². The maximum atomic E-state index is 5.60. The zero-order chi connectivity index (χ0) is 10.7. The Balaban J connectivity index is 0.00000128. The van der Waals surface area contributed by atoms with E-state index in [1.54, 1.807) is 13.3 Å². The van der Waals surface area contributed by atoms with Gasteiger partial charge >= 0.3 is 0 Å². The van der Waals surface area contributed by atoms with Gasteiger partial charge in [-0.05, 0) is 31.2 Å². The van der Waals surface area contributed by atoms with E-state index in [1.165, 1.54) is 0 Å². The Hall–Kier alpha value is -1.32. The molecule has 0 radical (unpaired) electrons. The number of hydrogen-bond donors (Lipinski definition) is 1. The van der Waals surface area contributed by atoms with Gasteiger partial charge in [0.15, 0.2) is 0 Å².